The molecule has 0 bridgehead atoms. The zero-order valence-corrected chi connectivity index (χ0v) is 10.1. The molecule has 0 spiro atoms. The van der Waals surface area contributed by atoms with Gasteiger partial charge in [-0.25, -0.2) is 0 Å². The summed E-state index contributed by atoms with van der Waals surface area (Å²) in [5.41, 5.74) is 1.67. The summed E-state index contributed by atoms with van der Waals surface area (Å²) in [5.74, 6) is 0. The first kappa shape index (κ1) is 11.7. The van der Waals surface area contributed by atoms with Crippen LogP contribution in [0.1, 0.15) is 39.2 Å². The quantitative estimate of drug-likeness (QED) is 0.792. The largest absolute Gasteiger partial charge is 0.393 e. The number of aryl methyl sites for hydroxylation is 1. The Hall–Kier alpha value is -0.340. The van der Waals surface area contributed by atoms with E-state index in [0.29, 0.717) is 0 Å². The van der Waals surface area contributed by atoms with Crippen molar-refractivity contribution in [2.75, 3.05) is 0 Å². The van der Waals surface area contributed by atoms with E-state index >= 15 is 0 Å². The minimum atomic E-state index is -0.188. The molecule has 80 valence electrons. The third-order valence-corrected chi connectivity index (χ3v) is 3.25. The first-order chi connectivity index (χ1) is 6.49. The van der Waals surface area contributed by atoms with E-state index in [9.17, 15) is 5.11 Å². The fraction of sp³-hybridized carbons (Fsp3) is 0.667. The highest BCUT2D eigenvalue weighted by Crippen LogP contribution is 2.28. The molecular formula is C12H20OS. The Morgan fingerprint density at radius 2 is 2.21 bits per heavy atom. The summed E-state index contributed by atoms with van der Waals surface area (Å²) in [7, 11) is 0. The van der Waals surface area contributed by atoms with Crippen LogP contribution in [0.3, 0.4) is 0 Å². The summed E-state index contributed by atoms with van der Waals surface area (Å²) in [6.45, 7) is 6.32. The summed E-state index contributed by atoms with van der Waals surface area (Å²) < 4.78 is 0. The molecule has 1 aromatic heterocycles. The lowest BCUT2D eigenvalue weighted by Gasteiger charge is -2.25. The van der Waals surface area contributed by atoms with E-state index in [-0.39, 0.29) is 11.5 Å². The molecule has 0 amide bonds. The molecule has 1 N–H and O–H groups in total. The molecule has 0 saturated heterocycles. The van der Waals surface area contributed by atoms with Crippen molar-refractivity contribution in [1.29, 1.82) is 0 Å². The van der Waals surface area contributed by atoms with E-state index in [4.69, 9.17) is 0 Å². The molecule has 2 heteroatoms. The van der Waals surface area contributed by atoms with Crippen LogP contribution in [0.15, 0.2) is 16.8 Å². The van der Waals surface area contributed by atoms with E-state index in [1.54, 1.807) is 11.3 Å². The highest BCUT2D eigenvalue weighted by molar-refractivity contribution is 7.07. The van der Waals surface area contributed by atoms with Crippen LogP contribution in [0.2, 0.25) is 0 Å². The van der Waals surface area contributed by atoms with E-state index in [1.807, 2.05) is 6.92 Å². The van der Waals surface area contributed by atoms with E-state index < -0.39 is 0 Å². The molecule has 0 aliphatic carbocycles. The second kappa shape index (κ2) is 4.94. The predicted molar refractivity (Wildman–Crippen MR) is 62.7 cm³/mol. The predicted octanol–water partition coefficient (Wildman–Crippen LogP) is 3.48. The van der Waals surface area contributed by atoms with Crippen LogP contribution >= 0.6 is 11.3 Å². The van der Waals surface area contributed by atoms with Crippen LogP contribution in [-0.4, -0.2) is 11.2 Å². The normalized spacial score (nSPS) is 14.3. The Balaban J connectivity index is 2.36. The lowest BCUT2D eigenvalue weighted by molar-refractivity contribution is 0.125. The van der Waals surface area contributed by atoms with Gasteiger partial charge in [0.05, 0.1) is 6.10 Å². The molecule has 1 aromatic rings. The minimum absolute atomic E-state index is 0.188. The maximum atomic E-state index is 9.35. The fourth-order valence-corrected chi connectivity index (χ4v) is 2.52. The van der Waals surface area contributed by atoms with E-state index in [2.05, 4.69) is 30.7 Å². The van der Waals surface area contributed by atoms with Crippen molar-refractivity contribution in [2.24, 2.45) is 5.41 Å². The molecule has 0 aromatic carbocycles. The molecule has 0 fully saturated rings. The molecule has 14 heavy (non-hydrogen) atoms. The first-order valence-electron chi connectivity index (χ1n) is 5.19. The topological polar surface area (TPSA) is 20.2 Å². The van der Waals surface area contributed by atoms with Gasteiger partial charge < -0.3 is 5.11 Å². The molecule has 1 rings (SSSR count). The zero-order valence-electron chi connectivity index (χ0n) is 9.29. The SMILES string of the molecule is CC(O)CC(C)(C)CCc1ccsc1. The van der Waals surface area contributed by atoms with Crippen LogP contribution in [0.5, 0.6) is 0 Å². The van der Waals surface area contributed by atoms with Gasteiger partial charge in [0, 0.05) is 0 Å². The monoisotopic (exact) mass is 212 g/mol. The smallest absolute Gasteiger partial charge is 0.0517 e. The summed E-state index contributed by atoms with van der Waals surface area (Å²) in [4.78, 5) is 0. The maximum Gasteiger partial charge on any atom is 0.0517 e. The second-order valence-corrected chi connectivity index (χ2v) is 5.63. The van der Waals surface area contributed by atoms with Gasteiger partial charge >= 0.3 is 0 Å². The highest BCUT2D eigenvalue weighted by Gasteiger charge is 2.19. The van der Waals surface area contributed by atoms with Crippen molar-refractivity contribution >= 4 is 11.3 Å². The summed E-state index contributed by atoms with van der Waals surface area (Å²) >= 11 is 1.75. The highest BCUT2D eigenvalue weighted by atomic mass is 32.1. The van der Waals surface area contributed by atoms with Gasteiger partial charge in [-0.15, -0.1) is 0 Å². The van der Waals surface area contributed by atoms with Crippen LogP contribution in [0.25, 0.3) is 0 Å². The number of hydrogen-bond donors (Lipinski definition) is 1. The second-order valence-electron chi connectivity index (χ2n) is 4.85. The molecule has 1 heterocycles. The Kier molecular flexibility index (Phi) is 4.14. The molecule has 0 saturated carbocycles. The molecule has 0 aliphatic rings. The van der Waals surface area contributed by atoms with Gasteiger partial charge in [-0.3, -0.25) is 0 Å². The van der Waals surface area contributed by atoms with Crippen molar-refractivity contribution in [2.45, 2.75) is 46.1 Å². The van der Waals surface area contributed by atoms with Gasteiger partial charge in [0.1, 0.15) is 0 Å². The zero-order chi connectivity index (χ0) is 10.6. The third kappa shape index (κ3) is 4.25. The standard InChI is InChI=1S/C12H20OS/c1-10(13)8-12(2,3)6-4-11-5-7-14-9-11/h5,7,9-10,13H,4,6,8H2,1-3H3. The van der Waals surface area contributed by atoms with E-state index in [0.717, 1.165) is 19.3 Å². The van der Waals surface area contributed by atoms with Gasteiger partial charge in [0.2, 0.25) is 0 Å². The molecule has 1 unspecified atom stereocenters. The lowest BCUT2D eigenvalue weighted by Crippen LogP contribution is -2.19. The van der Waals surface area contributed by atoms with Gasteiger partial charge in [-0.1, -0.05) is 13.8 Å². The molecule has 1 nitrogen and oxygen atoms in total. The van der Waals surface area contributed by atoms with E-state index in [1.165, 1.54) is 5.56 Å². The fourth-order valence-electron chi connectivity index (χ4n) is 1.82. The molecule has 1 atom stereocenters. The van der Waals surface area contributed by atoms with Gasteiger partial charge in [0.25, 0.3) is 0 Å². The van der Waals surface area contributed by atoms with Gasteiger partial charge in [0.15, 0.2) is 0 Å². The van der Waals surface area contributed by atoms with Crippen LogP contribution < -0.4 is 0 Å². The van der Waals surface area contributed by atoms with Crippen LogP contribution in [-0.2, 0) is 6.42 Å². The third-order valence-electron chi connectivity index (χ3n) is 2.52. The van der Waals surface area contributed by atoms with Crippen LogP contribution in [0, 0.1) is 5.41 Å². The Morgan fingerprint density at radius 1 is 1.50 bits per heavy atom. The van der Waals surface area contributed by atoms with Gasteiger partial charge in [-0.05, 0) is 54.0 Å². The summed E-state index contributed by atoms with van der Waals surface area (Å²) in [6.07, 6.45) is 2.97. The molecular weight excluding hydrogens is 192 g/mol. The number of aliphatic hydroxyl groups is 1. The van der Waals surface area contributed by atoms with Crippen LogP contribution in [0.4, 0.5) is 0 Å². The number of rotatable bonds is 5. The average Bonchev–Trinajstić information content (AvgIpc) is 2.50. The molecule has 0 radical (unpaired) electrons. The minimum Gasteiger partial charge on any atom is -0.393 e. The summed E-state index contributed by atoms with van der Waals surface area (Å²) in [5, 5.41) is 13.7. The van der Waals surface area contributed by atoms with Crippen molar-refractivity contribution < 1.29 is 5.11 Å². The van der Waals surface area contributed by atoms with Gasteiger partial charge in [-0.2, -0.15) is 11.3 Å². The number of aliphatic hydroxyl groups excluding tert-OH is 1. The lowest BCUT2D eigenvalue weighted by atomic mass is 9.82. The van der Waals surface area contributed by atoms with Crippen molar-refractivity contribution in [3.63, 3.8) is 0 Å². The Bertz CT molecular complexity index is 249. The average molecular weight is 212 g/mol. The number of thiophene rings is 1. The Labute approximate surface area is 90.8 Å². The molecule has 0 aliphatic heterocycles. The summed E-state index contributed by atoms with van der Waals surface area (Å²) in [6, 6.07) is 2.18. The number of hydrogen-bond acceptors (Lipinski definition) is 2. The first-order valence-corrected chi connectivity index (χ1v) is 6.13. The maximum absolute atomic E-state index is 9.35. The van der Waals surface area contributed by atoms with Crippen molar-refractivity contribution in [3.8, 4) is 0 Å². The van der Waals surface area contributed by atoms with Crippen molar-refractivity contribution in [1.82, 2.24) is 0 Å². The van der Waals surface area contributed by atoms with Crippen molar-refractivity contribution in [3.05, 3.63) is 22.4 Å². The Morgan fingerprint density at radius 3 is 2.71 bits per heavy atom.